The van der Waals surface area contributed by atoms with Crippen LogP contribution < -0.4 is 0 Å². The van der Waals surface area contributed by atoms with Crippen LogP contribution in [0.2, 0.25) is 0 Å². The standard InChI is InChI=1S/C10H7BrN4S/c1-15-9(13-14-10(15)16)7-3-2-6(5-12)4-8(7)11/h2-4H,1H3,(H,14,16). The Hall–Kier alpha value is -1.45. The third-order valence-electron chi connectivity index (χ3n) is 2.22. The summed E-state index contributed by atoms with van der Waals surface area (Å²) in [4.78, 5) is 0. The zero-order chi connectivity index (χ0) is 11.7. The first-order valence-electron chi connectivity index (χ1n) is 4.45. The minimum absolute atomic E-state index is 0.561. The Morgan fingerprint density at radius 3 is 2.81 bits per heavy atom. The van der Waals surface area contributed by atoms with E-state index in [1.54, 1.807) is 16.7 Å². The second-order valence-electron chi connectivity index (χ2n) is 3.22. The maximum absolute atomic E-state index is 8.77. The van der Waals surface area contributed by atoms with E-state index in [0.29, 0.717) is 10.3 Å². The van der Waals surface area contributed by atoms with Crippen LogP contribution in [0, 0.1) is 16.1 Å². The second kappa shape index (κ2) is 4.20. The first-order chi connectivity index (χ1) is 7.63. The van der Waals surface area contributed by atoms with E-state index >= 15 is 0 Å². The Balaban J connectivity index is 2.62. The number of aromatic nitrogens is 3. The van der Waals surface area contributed by atoms with E-state index in [2.05, 4.69) is 32.2 Å². The molecule has 0 spiro atoms. The van der Waals surface area contributed by atoms with Gasteiger partial charge in [-0.05, 0) is 46.3 Å². The number of H-pyrrole nitrogens is 1. The summed E-state index contributed by atoms with van der Waals surface area (Å²) in [5, 5.41) is 15.6. The molecule has 0 saturated carbocycles. The number of hydrogen-bond donors (Lipinski definition) is 1. The Labute approximate surface area is 106 Å². The van der Waals surface area contributed by atoms with E-state index in [9.17, 15) is 0 Å². The maximum Gasteiger partial charge on any atom is 0.195 e. The van der Waals surface area contributed by atoms with Gasteiger partial charge >= 0.3 is 0 Å². The molecule has 6 heteroatoms. The maximum atomic E-state index is 8.77. The highest BCUT2D eigenvalue weighted by Crippen LogP contribution is 2.27. The van der Waals surface area contributed by atoms with Gasteiger partial charge in [-0.3, -0.25) is 5.10 Å². The van der Waals surface area contributed by atoms with Crippen molar-refractivity contribution in [3.63, 3.8) is 0 Å². The molecule has 0 aliphatic rings. The molecule has 0 atom stereocenters. The molecule has 4 nitrogen and oxygen atoms in total. The van der Waals surface area contributed by atoms with Crippen molar-refractivity contribution in [2.75, 3.05) is 0 Å². The molecule has 0 fully saturated rings. The molecule has 0 aliphatic carbocycles. The molecule has 0 saturated heterocycles. The van der Waals surface area contributed by atoms with Crippen molar-refractivity contribution in [1.82, 2.24) is 14.8 Å². The predicted molar refractivity (Wildman–Crippen MR) is 66.2 cm³/mol. The third-order valence-corrected chi connectivity index (χ3v) is 3.24. The van der Waals surface area contributed by atoms with Crippen molar-refractivity contribution < 1.29 is 0 Å². The SMILES string of the molecule is Cn1c(-c2ccc(C#N)cc2Br)n[nH]c1=S. The monoisotopic (exact) mass is 294 g/mol. The van der Waals surface area contributed by atoms with Gasteiger partial charge in [-0.15, -0.1) is 0 Å². The van der Waals surface area contributed by atoms with Crippen LogP contribution in [0.25, 0.3) is 11.4 Å². The van der Waals surface area contributed by atoms with Gasteiger partial charge in [0.2, 0.25) is 0 Å². The molecule has 2 aromatic rings. The van der Waals surface area contributed by atoms with Crippen molar-refractivity contribution in [3.05, 3.63) is 33.0 Å². The lowest BCUT2D eigenvalue weighted by atomic mass is 10.1. The number of nitrogens with zero attached hydrogens (tertiary/aromatic N) is 3. The number of rotatable bonds is 1. The van der Waals surface area contributed by atoms with Gasteiger partial charge in [-0.1, -0.05) is 0 Å². The van der Waals surface area contributed by atoms with Crippen LogP contribution in [-0.2, 0) is 7.05 Å². The topological polar surface area (TPSA) is 57.4 Å². The highest BCUT2D eigenvalue weighted by Gasteiger charge is 2.09. The molecule has 1 N–H and O–H groups in total. The lowest BCUT2D eigenvalue weighted by Crippen LogP contribution is -1.93. The fourth-order valence-electron chi connectivity index (χ4n) is 1.35. The van der Waals surface area contributed by atoms with E-state index < -0.39 is 0 Å². The summed E-state index contributed by atoms with van der Waals surface area (Å²) in [6.45, 7) is 0. The van der Waals surface area contributed by atoms with Crippen molar-refractivity contribution in [2.24, 2.45) is 7.05 Å². The van der Waals surface area contributed by atoms with E-state index in [-0.39, 0.29) is 0 Å². The molecule has 2 rings (SSSR count). The number of halogens is 1. The van der Waals surface area contributed by atoms with E-state index in [4.69, 9.17) is 17.5 Å². The normalized spacial score (nSPS) is 10.1. The average molecular weight is 295 g/mol. The Morgan fingerprint density at radius 2 is 2.31 bits per heavy atom. The molecule has 0 unspecified atom stereocenters. The predicted octanol–water partition coefficient (Wildman–Crippen LogP) is 2.78. The fraction of sp³-hybridized carbons (Fsp3) is 0.100. The Kier molecular flexibility index (Phi) is 2.90. The molecule has 0 radical (unpaired) electrons. The van der Waals surface area contributed by atoms with Crippen LogP contribution in [0.3, 0.4) is 0 Å². The van der Waals surface area contributed by atoms with Crippen LogP contribution in [-0.4, -0.2) is 14.8 Å². The van der Waals surface area contributed by atoms with Gasteiger partial charge in [-0.2, -0.15) is 10.4 Å². The van der Waals surface area contributed by atoms with Crippen LogP contribution in [0.15, 0.2) is 22.7 Å². The fourth-order valence-corrected chi connectivity index (χ4v) is 2.04. The number of nitriles is 1. The summed E-state index contributed by atoms with van der Waals surface area (Å²) in [5.41, 5.74) is 1.50. The number of benzene rings is 1. The van der Waals surface area contributed by atoms with Crippen LogP contribution in [0.5, 0.6) is 0 Å². The Morgan fingerprint density at radius 1 is 1.56 bits per heavy atom. The van der Waals surface area contributed by atoms with E-state index in [0.717, 1.165) is 15.9 Å². The highest BCUT2D eigenvalue weighted by molar-refractivity contribution is 9.10. The second-order valence-corrected chi connectivity index (χ2v) is 4.46. The summed E-state index contributed by atoms with van der Waals surface area (Å²) >= 11 is 8.46. The van der Waals surface area contributed by atoms with Gasteiger partial charge in [0.1, 0.15) is 0 Å². The number of aromatic amines is 1. The molecule has 16 heavy (non-hydrogen) atoms. The molecule has 0 amide bonds. The van der Waals surface area contributed by atoms with Gasteiger partial charge < -0.3 is 4.57 Å². The lowest BCUT2D eigenvalue weighted by Gasteiger charge is -2.03. The lowest BCUT2D eigenvalue weighted by molar-refractivity contribution is 0.901. The average Bonchev–Trinajstić information content (AvgIpc) is 2.60. The van der Waals surface area contributed by atoms with Gasteiger partial charge in [0, 0.05) is 17.1 Å². The van der Waals surface area contributed by atoms with Gasteiger partial charge in [0.05, 0.1) is 11.6 Å². The van der Waals surface area contributed by atoms with Gasteiger partial charge in [0.25, 0.3) is 0 Å². The molecule has 1 aromatic carbocycles. The largest absolute Gasteiger partial charge is 0.303 e. The minimum atomic E-state index is 0.561. The smallest absolute Gasteiger partial charge is 0.195 e. The van der Waals surface area contributed by atoms with Crippen molar-refractivity contribution >= 4 is 28.1 Å². The first-order valence-corrected chi connectivity index (χ1v) is 5.65. The summed E-state index contributed by atoms with van der Waals surface area (Å²) in [6.07, 6.45) is 0. The van der Waals surface area contributed by atoms with Crippen molar-refractivity contribution in [1.29, 1.82) is 5.26 Å². The highest BCUT2D eigenvalue weighted by atomic mass is 79.9. The molecular weight excluding hydrogens is 288 g/mol. The zero-order valence-corrected chi connectivity index (χ0v) is 10.8. The van der Waals surface area contributed by atoms with Crippen molar-refractivity contribution in [2.45, 2.75) is 0 Å². The van der Waals surface area contributed by atoms with Crippen LogP contribution in [0.4, 0.5) is 0 Å². The first kappa shape index (κ1) is 11.0. The summed E-state index contributed by atoms with van der Waals surface area (Å²) in [7, 11) is 1.84. The van der Waals surface area contributed by atoms with Gasteiger partial charge in [0.15, 0.2) is 10.6 Å². The van der Waals surface area contributed by atoms with Gasteiger partial charge in [-0.25, -0.2) is 0 Å². The van der Waals surface area contributed by atoms with Crippen molar-refractivity contribution in [3.8, 4) is 17.5 Å². The molecular formula is C10H7BrN4S. The summed E-state index contributed by atoms with van der Waals surface area (Å²) in [6, 6.07) is 7.43. The molecule has 80 valence electrons. The summed E-state index contributed by atoms with van der Waals surface area (Å²) < 4.78 is 3.16. The molecule has 1 aromatic heterocycles. The molecule has 0 aliphatic heterocycles. The quantitative estimate of drug-likeness (QED) is 0.823. The van der Waals surface area contributed by atoms with E-state index in [1.807, 2.05) is 13.1 Å². The van der Waals surface area contributed by atoms with E-state index in [1.165, 1.54) is 0 Å². The zero-order valence-electron chi connectivity index (χ0n) is 8.36. The van der Waals surface area contributed by atoms with Crippen LogP contribution in [0.1, 0.15) is 5.56 Å². The number of nitrogens with one attached hydrogen (secondary N) is 1. The minimum Gasteiger partial charge on any atom is -0.303 e. The summed E-state index contributed by atoms with van der Waals surface area (Å²) in [5.74, 6) is 0.737. The Bertz CT molecular complexity index is 635. The molecule has 1 heterocycles. The third kappa shape index (κ3) is 1.79. The molecule has 0 bridgehead atoms. The van der Waals surface area contributed by atoms with Crippen LogP contribution >= 0.6 is 28.1 Å². The number of hydrogen-bond acceptors (Lipinski definition) is 3.